The smallest absolute Gasteiger partial charge is 0.203 e. The highest BCUT2D eigenvalue weighted by Crippen LogP contribution is 2.36. The Morgan fingerprint density at radius 2 is 1.77 bits per heavy atom. The Morgan fingerprint density at radius 1 is 1.03 bits per heavy atom. The molecule has 0 saturated carbocycles. The molecule has 30 heavy (non-hydrogen) atoms. The summed E-state index contributed by atoms with van der Waals surface area (Å²) in [7, 11) is 0. The second-order valence-corrected chi connectivity index (χ2v) is 7.06. The van der Waals surface area contributed by atoms with Gasteiger partial charge < -0.3 is 36.8 Å². The second kappa shape index (κ2) is 7.92. The molecule has 2 aromatic heterocycles. The third kappa shape index (κ3) is 3.06. The van der Waals surface area contributed by atoms with Crippen LogP contribution in [0.4, 0.5) is 5.69 Å². The monoisotopic (exact) mass is 413 g/mol. The second-order valence-electron chi connectivity index (χ2n) is 7.06. The highest BCUT2D eigenvalue weighted by molar-refractivity contribution is 6.10. The molecule has 4 aromatic rings. The summed E-state index contributed by atoms with van der Waals surface area (Å²) in [6.45, 7) is 0.536. The van der Waals surface area contributed by atoms with Crippen molar-refractivity contribution in [2.45, 2.75) is 12.6 Å². The average Bonchev–Trinajstić information content (AvgIpc) is 3.12. The minimum atomic E-state index is -0.522. The van der Waals surface area contributed by atoms with Gasteiger partial charge in [0.25, 0.3) is 0 Å². The van der Waals surface area contributed by atoms with Crippen LogP contribution in [0.3, 0.4) is 0 Å². The predicted octanol–water partition coefficient (Wildman–Crippen LogP) is -0.337. The summed E-state index contributed by atoms with van der Waals surface area (Å²) in [6, 6.07) is 5.61. The number of benzene rings is 2. The highest BCUT2D eigenvalue weighted by Gasteiger charge is 2.23. The van der Waals surface area contributed by atoms with Gasteiger partial charge in [0.05, 0.1) is 41.2 Å². The lowest BCUT2D eigenvalue weighted by atomic mass is 10.0. The molecule has 0 saturated heterocycles. The maximum Gasteiger partial charge on any atom is 0.203 e. The van der Waals surface area contributed by atoms with E-state index in [-0.39, 0.29) is 42.2 Å². The number of nitrogens with two attached hydrogens (primary N) is 1. The van der Waals surface area contributed by atoms with Crippen LogP contribution in [0, 0.1) is 0 Å². The number of pyridine rings is 1. The summed E-state index contributed by atoms with van der Waals surface area (Å²) >= 11 is 0. The quantitative estimate of drug-likeness (QED) is 0.151. The van der Waals surface area contributed by atoms with Crippen molar-refractivity contribution in [3.63, 3.8) is 0 Å². The zero-order valence-corrected chi connectivity index (χ0v) is 16.1. The molecule has 2 aromatic carbocycles. The van der Waals surface area contributed by atoms with Crippen LogP contribution >= 0.6 is 0 Å². The molecule has 0 amide bonds. The molecular weight excluding hydrogens is 390 g/mol. The van der Waals surface area contributed by atoms with E-state index in [2.05, 4.69) is 15.7 Å². The molecule has 0 aliphatic carbocycles. The van der Waals surface area contributed by atoms with Gasteiger partial charge in [-0.3, -0.25) is 4.79 Å². The van der Waals surface area contributed by atoms with Crippen molar-refractivity contribution < 1.29 is 20.4 Å². The molecular formula is C20H23N5O5. The SMILES string of the molecule is NCCNc1ccc2c(CNC(CO)CO)nn3c4c(O)ccc(O)c4c(=O)c1c23. The summed E-state index contributed by atoms with van der Waals surface area (Å²) in [5.74, 6) is -0.439. The lowest BCUT2D eigenvalue weighted by Crippen LogP contribution is -2.35. The van der Waals surface area contributed by atoms with E-state index in [1.54, 1.807) is 6.07 Å². The zero-order valence-electron chi connectivity index (χ0n) is 16.1. The van der Waals surface area contributed by atoms with E-state index in [0.717, 1.165) is 0 Å². The van der Waals surface area contributed by atoms with E-state index < -0.39 is 11.5 Å². The Bertz CT molecular complexity index is 1270. The van der Waals surface area contributed by atoms with Gasteiger partial charge in [0.1, 0.15) is 17.0 Å². The van der Waals surface area contributed by atoms with Crippen molar-refractivity contribution in [3.8, 4) is 11.5 Å². The molecule has 0 bridgehead atoms. The minimum Gasteiger partial charge on any atom is -0.507 e. The van der Waals surface area contributed by atoms with Gasteiger partial charge in [-0.15, -0.1) is 0 Å². The van der Waals surface area contributed by atoms with Crippen LogP contribution in [-0.2, 0) is 6.54 Å². The van der Waals surface area contributed by atoms with Gasteiger partial charge >= 0.3 is 0 Å². The number of aliphatic hydroxyl groups is 2. The molecule has 0 aliphatic rings. The van der Waals surface area contributed by atoms with Crippen LogP contribution in [0.2, 0.25) is 0 Å². The van der Waals surface area contributed by atoms with Crippen molar-refractivity contribution in [1.29, 1.82) is 0 Å². The van der Waals surface area contributed by atoms with Crippen molar-refractivity contribution in [1.82, 2.24) is 14.9 Å². The minimum absolute atomic E-state index is 0.0306. The first-order valence-corrected chi connectivity index (χ1v) is 9.55. The lowest BCUT2D eigenvalue weighted by molar-refractivity contribution is 0.170. The predicted molar refractivity (Wildman–Crippen MR) is 113 cm³/mol. The van der Waals surface area contributed by atoms with Crippen LogP contribution in [0.5, 0.6) is 11.5 Å². The molecule has 0 aliphatic heterocycles. The molecule has 2 heterocycles. The van der Waals surface area contributed by atoms with Crippen LogP contribution in [-0.4, -0.2) is 62.4 Å². The highest BCUT2D eigenvalue weighted by atomic mass is 16.3. The molecule has 8 N–H and O–H groups in total. The van der Waals surface area contributed by atoms with E-state index in [9.17, 15) is 25.2 Å². The number of aliphatic hydroxyl groups excluding tert-OH is 2. The molecule has 10 nitrogen and oxygen atoms in total. The number of hydrogen-bond acceptors (Lipinski definition) is 9. The molecule has 0 atom stereocenters. The third-order valence-corrected chi connectivity index (χ3v) is 5.18. The van der Waals surface area contributed by atoms with Crippen LogP contribution in [0.1, 0.15) is 5.69 Å². The molecule has 0 fully saturated rings. The standard InChI is InChI=1S/C20H23N5O5/c21-5-6-22-12-2-1-11-13(7-23-10(8-26)9-27)24-25-18(11)16(12)20(30)17-14(28)3-4-15(29)19(17)25/h1-4,10,22-23,26-29H,5-9,21H2. The number of fused-ring (bicyclic) bond motifs is 2. The maximum atomic E-state index is 13.4. The van der Waals surface area contributed by atoms with E-state index >= 15 is 0 Å². The van der Waals surface area contributed by atoms with Crippen molar-refractivity contribution in [2.75, 3.05) is 31.6 Å². The summed E-state index contributed by atoms with van der Waals surface area (Å²) < 4.78 is 1.45. The number of aromatic nitrogens is 2. The number of phenols is 2. The van der Waals surface area contributed by atoms with Crippen LogP contribution < -0.4 is 21.8 Å². The van der Waals surface area contributed by atoms with Gasteiger partial charge in [-0.2, -0.15) is 5.10 Å². The molecule has 10 heteroatoms. The number of hydrogen-bond donors (Lipinski definition) is 7. The number of anilines is 1. The van der Waals surface area contributed by atoms with Gasteiger partial charge in [-0.1, -0.05) is 0 Å². The first-order valence-electron chi connectivity index (χ1n) is 9.55. The van der Waals surface area contributed by atoms with Gasteiger partial charge in [-0.05, 0) is 24.3 Å². The Hall–Kier alpha value is -3.18. The van der Waals surface area contributed by atoms with Crippen molar-refractivity contribution >= 4 is 32.9 Å². The number of nitrogens with one attached hydrogen (secondary N) is 2. The summed E-state index contributed by atoms with van der Waals surface area (Å²) in [5, 5.41) is 51.1. The van der Waals surface area contributed by atoms with Crippen molar-refractivity contribution in [3.05, 3.63) is 40.2 Å². The normalized spacial score (nSPS) is 12.0. The molecule has 4 rings (SSSR count). The number of aromatic hydroxyl groups is 2. The van der Waals surface area contributed by atoms with Crippen LogP contribution in [0.15, 0.2) is 29.1 Å². The van der Waals surface area contributed by atoms with Crippen molar-refractivity contribution in [2.24, 2.45) is 5.73 Å². The lowest BCUT2D eigenvalue weighted by Gasteiger charge is -2.12. The number of phenolic OH excluding ortho intramolecular Hbond substituents is 2. The third-order valence-electron chi connectivity index (χ3n) is 5.18. The average molecular weight is 413 g/mol. The molecule has 158 valence electrons. The van der Waals surface area contributed by atoms with Crippen LogP contribution in [0.25, 0.3) is 27.2 Å². The van der Waals surface area contributed by atoms with E-state index in [1.807, 2.05) is 6.07 Å². The fourth-order valence-electron chi connectivity index (χ4n) is 3.71. The summed E-state index contributed by atoms with van der Waals surface area (Å²) in [6.07, 6.45) is 0. The van der Waals surface area contributed by atoms with Gasteiger partial charge in [-0.25, -0.2) is 4.52 Å². The fraction of sp³-hybridized carbons (Fsp3) is 0.300. The first-order chi connectivity index (χ1) is 14.5. The first kappa shape index (κ1) is 20.1. The Morgan fingerprint density at radius 3 is 2.47 bits per heavy atom. The van der Waals surface area contributed by atoms with E-state index in [1.165, 1.54) is 16.6 Å². The number of rotatable bonds is 8. The van der Waals surface area contributed by atoms with E-state index in [4.69, 9.17) is 5.73 Å². The Balaban J connectivity index is 2.05. The Kier molecular flexibility index (Phi) is 5.31. The number of nitrogens with zero attached hydrogens (tertiary/aromatic N) is 2. The van der Waals surface area contributed by atoms with Gasteiger partial charge in [0.2, 0.25) is 5.43 Å². The summed E-state index contributed by atoms with van der Waals surface area (Å²) in [4.78, 5) is 13.4. The largest absolute Gasteiger partial charge is 0.507 e. The Labute approximate surface area is 170 Å². The van der Waals surface area contributed by atoms with Gasteiger partial charge in [0, 0.05) is 30.7 Å². The molecule has 0 unspecified atom stereocenters. The van der Waals surface area contributed by atoms with Gasteiger partial charge in [0.15, 0.2) is 0 Å². The molecule has 0 spiro atoms. The molecule has 0 radical (unpaired) electrons. The van der Waals surface area contributed by atoms with E-state index in [0.29, 0.717) is 40.8 Å². The maximum absolute atomic E-state index is 13.4. The fourth-order valence-corrected chi connectivity index (χ4v) is 3.71. The topological polar surface area (TPSA) is 165 Å². The summed E-state index contributed by atoms with van der Waals surface area (Å²) in [5.41, 5.74) is 6.88. The zero-order chi connectivity index (χ0) is 21.4.